The Hall–Kier alpha value is -7.31. The Balaban J connectivity index is 0.000000136. The highest BCUT2D eigenvalue weighted by atomic mass is 79.9. The van der Waals surface area contributed by atoms with Gasteiger partial charge in [0.15, 0.2) is 0 Å². The first-order valence-electron chi connectivity index (χ1n) is 26.4. The fourth-order valence-corrected chi connectivity index (χ4v) is 11.2. The van der Waals surface area contributed by atoms with E-state index in [1.807, 2.05) is 84.9 Å². The van der Waals surface area contributed by atoms with Crippen LogP contribution in [0.4, 0.5) is 51.1 Å². The molecule has 80 heavy (non-hydrogen) atoms. The van der Waals surface area contributed by atoms with E-state index < -0.39 is 6.03 Å². The number of urea groups is 1. The van der Waals surface area contributed by atoms with E-state index in [1.165, 1.54) is 66.9 Å². The molecule has 8 aromatic rings. The van der Waals surface area contributed by atoms with Gasteiger partial charge in [0.25, 0.3) is 0 Å². The zero-order valence-corrected chi connectivity index (χ0v) is 46.9. The van der Waals surface area contributed by atoms with Crippen molar-refractivity contribution < 1.29 is 22.4 Å². The number of pyridine rings is 4. The molecular weight excluding hydrogens is 1130 g/mol. The molecule has 4 saturated heterocycles. The van der Waals surface area contributed by atoms with Gasteiger partial charge in [-0.05, 0) is 165 Å². The summed E-state index contributed by atoms with van der Waals surface area (Å²) in [6, 6.07) is 42.5. The summed E-state index contributed by atoms with van der Waals surface area (Å²) >= 11 is 14.7. The number of carbonyl (C=O) groups excluding carboxylic acids is 1. The van der Waals surface area contributed by atoms with Gasteiger partial charge in [-0.15, -0.1) is 0 Å². The van der Waals surface area contributed by atoms with Crippen LogP contribution in [0.1, 0.15) is 97.8 Å². The molecule has 416 valence electrons. The van der Waals surface area contributed by atoms with Crippen LogP contribution in [-0.4, -0.2) is 52.1 Å². The number of benzene rings is 4. The van der Waals surface area contributed by atoms with Crippen LogP contribution in [0.5, 0.6) is 0 Å². The first kappa shape index (κ1) is 58.8. The summed E-state index contributed by atoms with van der Waals surface area (Å²) in [6.07, 6.45) is 15.6. The molecule has 0 aliphatic carbocycles. The van der Waals surface area contributed by atoms with Crippen molar-refractivity contribution in [3.63, 3.8) is 0 Å². The number of rotatable bonds is 8. The quantitative estimate of drug-likeness (QED) is 0.0854. The highest BCUT2D eigenvalue weighted by Crippen LogP contribution is 2.39. The van der Waals surface area contributed by atoms with Gasteiger partial charge >= 0.3 is 6.03 Å². The summed E-state index contributed by atoms with van der Waals surface area (Å²) in [6.45, 7) is 3.97. The van der Waals surface area contributed by atoms with Crippen molar-refractivity contribution in [2.75, 3.05) is 51.9 Å². The predicted octanol–water partition coefficient (Wildman–Crippen LogP) is 15.2. The number of hydrogen-bond donors (Lipinski definition) is 4. The van der Waals surface area contributed by atoms with Crippen molar-refractivity contribution in [2.24, 2.45) is 5.73 Å². The SMILES string of the molecule is Clc1cc(Br)ccn1.Fc1ccc(C2CCCN2)cc1.Fc1ccc(C2CCCN2c2ccnc(Cl)c2)cc1.NC(=O)Nc1cc(N2CCCC2c2ccc(F)cc2)ccn1.Nc1cc(N2CCCC2c2ccc(F)cc2)ccn1. The number of carbonyl (C=O) groups is 1. The molecule has 6 N–H and O–H groups in total. The molecule has 4 unspecified atom stereocenters. The van der Waals surface area contributed by atoms with E-state index >= 15 is 0 Å². The minimum absolute atomic E-state index is 0.156. The van der Waals surface area contributed by atoms with E-state index in [1.54, 1.807) is 36.9 Å². The second kappa shape index (κ2) is 29.2. The smallest absolute Gasteiger partial charge is 0.317 e. The van der Waals surface area contributed by atoms with Gasteiger partial charge < -0.3 is 31.5 Å². The molecule has 4 fully saturated rings. The van der Waals surface area contributed by atoms with Crippen LogP contribution in [0.2, 0.25) is 10.3 Å². The molecule has 4 aromatic heterocycles. The van der Waals surface area contributed by atoms with Crippen molar-refractivity contribution >= 4 is 73.9 Å². The van der Waals surface area contributed by atoms with Gasteiger partial charge in [-0.3, -0.25) is 5.32 Å². The highest BCUT2D eigenvalue weighted by Gasteiger charge is 2.29. The minimum atomic E-state index is -0.638. The third kappa shape index (κ3) is 17.1. The molecule has 4 aromatic carbocycles. The van der Waals surface area contributed by atoms with Crippen molar-refractivity contribution in [1.82, 2.24) is 25.3 Å². The van der Waals surface area contributed by atoms with E-state index in [0.717, 1.165) is 103 Å². The van der Waals surface area contributed by atoms with Gasteiger partial charge in [0.2, 0.25) is 0 Å². The van der Waals surface area contributed by atoms with Crippen molar-refractivity contribution in [3.05, 3.63) is 231 Å². The Morgan fingerprint density at radius 3 is 1.30 bits per heavy atom. The maximum absolute atomic E-state index is 13.1. The molecule has 2 amide bonds. The average molecular weight is 1190 g/mol. The summed E-state index contributed by atoms with van der Waals surface area (Å²) < 4.78 is 52.6. The first-order chi connectivity index (χ1) is 38.8. The number of nitrogens with zero attached hydrogens (tertiary/aromatic N) is 7. The second-order valence-corrected chi connectivity index (χ2v) is 21.1. The van der Waals surface area contributed by atoms with Gasteiger partial charge in [0.05, 0.1) is 18.1 Å². The first-order valence-corrected chi connectivity index (χ1v) is 28.0. The zero-order chi connectivity index (χ0) is 56.4. The summed E-state index contributed by atoms with van der Waals surface area (Å²) in [4.78, 5) is 33.7. The third-order valence-corrected chi connectivity index (χ3v) is 14.9. The van der Waals surface area contributed by atoms with Gasteiger partial charge in [0, 0.05) is 84.1 Å². The predicted molar refractivity (Wildman–Crippen MR) is 316 cm³/mol. The lowest BCUT2D eigenvalue weighted by molar-refractivity contribution is 0.259. The summed E-state index contributed by atoms with van der Waals surface area (Å²) in [5, 5.41) is 6.87. The minimum Gasteiger partial charge on any atom is -0.384 e. The number of hydrogen-bond acceptors (Lipinski definition) is 10. The Bertz CT molecular complexity index is 3100. The van der Waals surface area contributed by atoms with E-state index in [0.29, 0.717) is 40.1 Å². The zero-order valence-electron chi connectivity index (χ0n) is 43.8. The lowest BCUT2D eigenvalue weighted by Crippen LogP contribution is -2.24. The Kier molecular flexibility index (Phi) is 21.5. The fourth-order valence-electron chi connectivity index (χ4n) is 10.3. The van der Waals surface area contributed by atoms with E-state index in [9.17, 15) is 22.4 Å². The average Bonchev–Trinajstić information content (AvgIpc) is 4.32. The standard InChI is InChI=1S/C16H17FN4O.C15H14ClFN2.C15H16FN3.C10H12FN.C5H3BrClN/c17-12-5-3-11(4-6-12)14-2-1-9-21(14)13-7-8-19-15(10-13)20-16(18)22;16-15-10-13(7-8-18-15)19-9-1-2-14(19)11-3-5-12(17)6-4-11;16-12-5-3-11(4-6-12)14-2-1-9-19(14)13-7-8-18-15(17)10-13;11-9-5-3-8(4-6-9)10-2-1-7-12-10;6-4-1-2-8-5(7)3-4/h3-8,10,14H,1-2,9H2,(H3,18,19,20,22);3-8,10,14H,1-2,9H2;3-8,10,14H,1-2,9H2,(H2,17,18);3-6,10,12H,1-2,7H2;1-3H. The highest BCUT2D eigenvalue weighted by molar-refractivity contribution is 9.10. The van der Waals surface area contributed by atoms with Crippen LogP contribution >= 0.6 is 39.1 Å². The number of nitrogen functional groups attached to an aromatic ring is 1. The lowest BCUT2D eigenvalue weighted by Gasteiger charge is -2.27. The van der Waals surface area contributed by atoms with Gasteiger partial charge in [0.1, 0.15) is 45.2 Å². The van der Waals surface area contributed by atoms with E-state index in [-0.39, 0.29) is 29.3 Å². The molecule has 0 bridgehead atoms. The number of amides is 2. The second-order valence-electron chi connectivity index (χ2n) is 19.4. The van der Waals surface area contributed by atoms with Gasteiger partial charge in [-0.2, -0.15) is 0 Å². The Labute approximate surface area is 482 Å². The molecule has 4 aliphatic heterocycles. The number of halogens is 7. The molecule has 12 rings (SSSR count). The topological polar surface area (TPSA) is 154 Å². The number of aromatic nitrogens is 4. The van der Waals surface area contributed by atoms with Crippen LogP contribution in [0.25, 0.3) is 0 Å². The molecule has 19 heteroatoms. The van der Waals surface area contributed by atoms with E-state index in [2.05, 4.69) is 61.2 Å². The molecule has 0 spiro atoms. The summed E-state index contributed by atoms with van der Waals surface area (Å²) in [5.74, 6) is 0.181. The maximum Gasteiger partial charge on any atom is 0.317 e. The monoisotopic (exact) mass is 1190 g/mol. The fraction of sp³-hybridized carbons (Fsp3) is 0.262. The van der Waals surface area contributed by atoms with Crippen LogP contribution in [0.15, 0.2) is 175 Å². The number of primary amides is 1. The van der Waals surface area contributed by atoms with Gasteiger partial charge in [-0.1, -0.05) is 87.7 Å². The molecular formula is C61H62BrCl2F4N11O. The van der Waals surface area contributed by atoms with Crippen molar-refractivity contribution in [3.8, 4) is 0 Å². The van der Waals surface area contributed by atoms with Crippen LogP contribution in [0, 0.1) is 23.3 Å². The Morgan fingerprint density at radius 2 is 0.912 bits per heavy atom. The Morgan fingerprint density at radius 1 is 0.512 bits per heavy atom. The summed E-state index contributed by atoms with van der Waals surface area (Å²) in [5.41, 5.74) is 18.6. The molecule has 8 heterocycles. The van der Waals surface area contributed by atoms with Crippen LogP contribution in [-0.2, 0) is 0 Å². The van der Waals surface area contributed by atoms with Crippen LogP contribution < -0.4 is 36.8 Å². The molecule has 4 aliphatic rings. The normalized spacial score (nSPS) is 18.1. The molecule has 12 nitrogen and oxygen atoms in total. The van der Waals surface area contributed by atoms with E-state index in [4.69, 9.17) is 34.7 Å². The maximum atomic E-state index is 13.1. The molecule has 0 radical (unpaired) electrons. The van der Waals surface area contributed by atoms with Crippen molar-refractivity contribution in [2.45, 2.75) is 75.5 Å². The molecule has 0 saturated carbocycles. The number of nitrogens with one attached hydrogen (secondary N) is 2. The third-order valence-electron chi connectivity index (χ3n) is 14.0. The number of anilines is 5. The lowest BCUT2D eigenvalue weighted by atomic mass is 10.0. The largest absolute Gasteiger partial charge is 0.384 e. The number of nitrogens with two attached hydrogens (primary N) is 2. The van der Waals surface area contributed by atoms with Gasteiger partial charge in [-0.25, -0.2) is 42.3 Å². The summed E-state index contributed by atoms with van der Waals surface area (Å²) in [7, 11) is 0. The van der Waals surface area contributed by atoms with Crippen molar-refractivity contribution in [1.29, 1.82) is 0 Å². The van der Waals surface area contributed by atoms with Crippen LogP contribution in [0.3, 0.4) is 0 Å². The molecule has 4 atom stereocenters.